The van der Waals surface area contributed by atoms with E-state index in [-0.39, 0.29) is 63.7 Å². The number of carbonyl (C=O) groups is 1. The molecule has 1 aromatic rings. The molecule has 1 aromatic carbocycles. The van der Waals surface area contributed by atoms with Crippen molar-refractivity contribution in [2.75, 3.05) is 11.9 Å². The average molecular weight is 294 g/mol. The summed E-state index contributed by atoms with van der Waals surface area (Å²) in [4.78, 5) is 10.5. The molecule has 0 aromatic heterocycles. The van der Waals surface area contributed by atoms with Gasteiger partial charge in [0.15, 0.2) is 0 Å². The van der Waals surface area contributed by atoms with Crippen molar-refractivity contribution in [1.82, 2.24) is 0 Å². The number of nitrogens with one attached hydrogen (secondary N) is 1. The van der Waals surface area contributed by atoms with E-state index in [1.54, 1.807) is 0 Å². The van der Waals surface area contributed by atoms with Gasteiger partial charge in [0, 0.05) is 28.6 Å². The summed E-state index contributed by atoms with van der Waals surface area (Å²) in [6.45, 7) is 0.680. The number of benzene rings is 1. The Morgan fingerprint density at radius 3 is 3.00 bits per heavy atom. The maximum Gasteiger partial charge on any atom is 1.00 e. The Morgan fingerprint density at radius 2 is 2.33 bits per heavy atom. The Morgan fingerprint density at radius 1 is 1.60 bits per heavy atom. The van der Waals surface area contributed by atoms with Crippen molar-refractivity contribution in [3.63, 3.8) is 0 Å². The zero-order valence-electron chi connectivity index (χ0n) is 8.42. The quantitative estimate of drug-likeness (QED) is 0.649. The van der Waals surface area contributed by atoms with Gasteiger partial charge in [-0.05, 0) is 30.2 Å². The van der Waals surface area contributed by atoms with Gasteiger partial charge in [-0.3, -0.25) is 0 Å². The van der Waals surface area contributed by atoms with Crippen LogP contribution in [-0.4, -0.2) is 12.5 Å². The van der Waals surface area contributed by atoms with E-state index in [0.717, 1.165) is 15.7 Å². The minimum Gasteiger partial charge on any atom is -0.550 e. The van der Waals surface area contributed by atoms with Crippen LogP contribution in [0.2, 0.25) is 0 Å². The molecule has 1 unspecified atom stereocenters. The predicted octanol–water partition coefficient (Wildman–Crippen LogP) is -1.90. The number of hydrogen-bond acceptors (Lipinski definition) is 3. The van der Waals surface area contributed by atoms with E-state index in [2.05, 4.69) is 21.2 Å². The minimum absolute atomic E-state index is 0. The van der Waals surface area contributed by atoms with Crippen molar-refractivity contribution in [3.8, 4) is 0 Å². The van der Waals surface area contributed by atoms with Crippen LogP contribution in [0.5, 0.6) is 0 Å². The van der Waals surface area contributed by atoms with Crippen molar-refractivity contribution in [3.05, 3.63) is 28.2 Å². The normalized spacial score (nSPS) is 17.5. The molecule has 0 bridgehead atoms. The number of aliphatic carboxylic acids is 1. The molecule has 3 nitrogen and oxygen atoms in total. The van der Waals surface area contributed by atoms with Gasteiger partial charge in [0.1, 0.15) is 0 Å². The first-order valence-electron chi connectivity index (χ1n) is 4.40. The largest absolute Gasteiger partial charge is 1.00 e. The molecule has 1 aliphatic heterocycles. The van der Waals surface area contributed by atoms with Crippen LogP contribution in [-0.2, 0) is 4.79 Å². The van der Waals surface area contributed by atoms with E-state index < -0.39 is 5.97 Å². The number of hydrogen-bond donors (Lipinski definition) is 1. The van der Waals surface area contributed by atoms with E-state index >= 15 is 0 Å². The molecule has 2 rings (SSSR count). The fraction of sp³-hybridized carbons (Fsp3) is 0.300. The maximum absolute atomic E-state index is 10.5. The summed E-state index contributed by atoms with van der Waals surface area (Å²) in [5, 5.41) is 13.7. The van der Waals surface area contributed by atoms with E-state index in [0.29, 0.717) is 6.54 Å². The molecule has 1 aliphatic rings. The third-order valence-corrected chi connectivity index (χ3v) is 2.90. The van der Waals surface area contributed by atoms with Gasteiger partial charge in [0.05, 0.1) is 0 Å². The number of carbonyl (C=O) groups excluding carboxylic acids is 1. The van der Waals surface area contributed by atoms with Crippen LogP contribution >= 0.6 is 15.9 Å². The number of carboxylic acid groups (broad SMARTS) is 1. The van der Waals surface area contributed by atoms with E-state index in [1.165, 1.54) is 0 Å². The van der Waals surface area contributed by atoms with Crippen molar-refractivity contribution in [2.24, 2.45) is 0 Å². The molecular formula is C10H9BrKNO2. The monoisotopic (exact) mass is 293 g/mol. The second-order valence-electron chi connectivity index (χ2n) is 3.39. The van der Waals surface area contributed by atoms with Gasteiger partial charge < -0.3 is 15.2 Å². The van der Waals surface area contributed by atoms with Gasteiger partial charge in [-0.1, -0.05) is 15.9 Å². The number of halogens is 1. The van der Waals surface area contributed by atoms with E-state index in [4.69, 9.17) is 0 Å². The Balaban J connectivity index is 0.00000112. The molecule has 0 amide bonds. The SMILES string of the molecule is O=C([O-])CC1CNc2ccc(Br)cc21.[K+]. The number of rotatable bonds is 2. The average Bonchev–Trinajstić information content (AvgIpc) is 2.47. The maximum atomic E-state index is 10.5. The summed E-state index contributed by atoms with van der Waals surface area (Å²) in [7, 11) is 0. The van der Waals surface area contributed by atoms with Crippen LogP contribution in [0.25, 0.3) is 0 Å². The number of anilines is 1. The van der Waals surface area contributed by atoms with Crippen LogP contribution in [0.15, 0.2) is 22.7 Å². The fourth-order valence-electron chi connectivity index (χ4n) is 1.76. The number of carboxylic acids is 1. The van der Waals surface area contributed by atoms with E-state index in [1.807, 2.05) is 18.2 Å². The second-order valence-corrected chi connectivity index (χ2v) is 4.30. The van der Waals surface area contributed by atoms with Crippen molar-refractivity contribution in [2.45, 2.75) is 12.3 Å². The molecule has 0 saturated carbocycles. The molecule has 0 saturated heterocycles. The number of fused-ring (bicyclic) bond motifs is 1. The topological polar surface area (TPSA) is 52.2 Å². The summed E-state index contributed by atoms with van der Waals surface area (Å²) in [5.74, 6) is -0.961. The van der Waals surface area contributed by atoms with Gasteiger partial charge in [0.2, 0.25) is 0 Å². The molecule has 0 fully saturated rings. The van der Waals surface area contributed by atoms with Gasteiger partial charge in [0.25, 0.3) is 0 Å². The standard InChI is InChI=1S/C10H10BrNO2.K/c11-7-1-2-9-8(4-7)6(5-12-9)3-10(13)14;/h1-2,4,6,12H,3,5H2,(H,13,14);/q;+1/p-1. The summed E-state index contributed by atoms with van der Waals surface area (Å²) < 4.78 is 0.975. The molecule has 5 heteroatoms. The van der Waals surface area contributed by atoms with Gasteiger partial charge in [-0.25, -0.2) is 0 Å². The minimum atomic E-state index is -0.996. The summed E-state index contributed by atoms with van der Waals surface area (Å²) in [6, 6.07) is 5.85. The van der Waals surface area contributed by atoms with Crippen molar-refractivity contribution in [1.29, 1.82) is 0 Å². The Hall–Kier alpha value is 0.606. The van der Waals surface area contributed by atoms with Crippen LogP contribution < -0.4 is 61.8 Å². The Labute approximate surface area is 139 Å². The van der Waals surface area contributed by atoms with Crippen LogP contribution in [0.3, 0.4) is 0 Å². The molecule has 1 heterocycles. The van der Waals surface area contributed by atoms with Crippen molar-refractivity contribution < 1.29 is 61.3 Å². The Kier molecular flexibility index (Phi) is 5.28. The van der Waals surface area contributed by atoms with Crippen LogP contribution in [0.4, 0.5) is 5.69 Å². The first-order valence-corrected chi connectivity index (χ1v) is 5.19. The van der Waals surface area contributed by atoms with Crippen LogP contribution in [0.1, 0.15) is 17.9 Å². The Bertz CT molecular complexity index is 384. The molecular weight excluding hydrogens is 285 g/mol. The van der Waals surface area contributed by atoms with Crippen molar-refractivity contribution >= 4 is 27.6 Å². The van der Waals surface area contributed by atoms with Gasteiger partial charge in [-0.15, -0.1) is 0 Å². The molecule has 1 atom stereocenters. The zero-order chi connectivity index (χ0) is 10.1. The molecule has 0 spiro atoms. The van der Waals surface area contributed by atoms with Crippen LogP contribution in [0, 0.1) is 0 Å². The van der Waals surface area contributed by atoms with Gasteiger partial charge >= 0.3 is 51.4 Å². The molecule has 0 radical (unpaired) electrons. The first kappa shape index (κ1) is 13.7. The molecule has 15 heavy (non-hydrogen) atoms. The third-order valence-electron chi connectivity index (χ3n) is 2.41. The smallest absolute Gasteiger partial charge is 0.550 e. The molecule has 1 N–H and O–H groups in total. The second kappa shape index (κ2) is 5.79. The van der Waals surface area contributed by atoms with E-state index in [9.17, 15) is 9.90 Å². The third kappa shape index (κ3) is 3.28. The summed E-state index contributed by atoms with van der Waals surface area (Å²) in [5.41, 5.74) is 2.09. The first-order chi connectivity index (χ1) is 6.66. The molecule has 0 aliphatic carbocycles. The molecule has 74 valence electrons. The summed E-state index contributed by atoms with van der Waals surface area (Å²) >= 11 is 3.37. The fourth-order valence-corrected chi connectivity index (χ4v) is 2.14. The zero-order valence-corrected chi connectivity index (χ0v) is 13.1. The van der Waals surface area contributed by atoms with Gasteiger partial charge in [-0.2, -0.15) is 0 Å². The predicted molar refractivity (Wildman–Crippen MR) is 55.0 cm³/mol. The summed E-state index contributed by atoms with van der Waals surface area (Å²) in [6.07, 6.45) is 0.0798.